The van der Waals surface area contributed by atoms with E-state index in [2.05, 4.69) is 15.9 Å². The lowest BCUT2D eigenvalue weighted by atomic mass is 9.93. The zero-order chi connectivity index (χ0) is 9.09. The van der Waals surface area contributed by atoms with Crippen LogP contribution in [0.5, 0.6) is 0 Å². The summed E-state index contributed by atoms with van der Waals surface area (Å²) in [5, 5.41) is 18.6. The fourth-order valence-corrected chi connectivity index (χ4v) is 3.04. The van der Waals surface area contributed by atoms with Crippen molar-refractivity contribution in [3.63, 3.8) is 0 Å². The molecule has 2 fully saturated rings. The molecule has 6 unspecified atom stereocenters. The second-order valence-corrected chi connectivity index (χ2v) is 5.07. The molecule has 0 aliphatic heterocycles. The first-order chi connectivity index (χ1) is 5.46. The highest BCUT2D eigenvalue weighted by Gasteiger charge is 2.66. The van der Waals surface area contributed by atoms with Crippen molar-refractivity contribution in [2.45, 2.75) is 29.0 Å². The van der Waals surface area contributed by atoms with E-state index in [0.29, 0.717) is 0 Å². The highest BCUT2D eigenvalue weighted by molar-refractivity contribution is 9.10. The molecule has 6 atom stereocenters. The average molecular weight is 235 g/mol. The summed E-state index contributed by atoms with van der Waals surface area (Å²) in [4.78, 5) is 0. The van der Waals surface area contributed by atoms with Crippen molar-refractivity contribution < 1.29 is 14.6 Å². The topological polar surface area (TPSA) is 40.5 Å². The smallest absolute Gasteiger partial charge is 0.129 e. The minimum Gasteiger partial charge on any atom is -0.390 e. The summed E-state index contributed by atoms with van der Waals surface area (Å²) < 4.78 is 12.3. The predicted molar refractivity (Wildman–Crippen MR) is 45.9 cm³/mol. The van der Waals surface area contributed by atoms with Crippen LogP contribution in [-0.2, 0) is 0 Å². The molecule has 2 nitrogen and oxygen atoms in total. The third-order valence-electron chi connectivity index (χ3n) is 2.97. The van der Waals surface area contributed by atoms with Crippen molar-refractivity contribution in [2.75, 3.05) is 0 Å². The Labute approximate surface area is 79.7 Å². The third kappa shape index (κ3) is 0.993. The van der Waals surface area contributed by atoms with Gasteiger partial charge in [0.2, 0.25) is 0 Å². The van der Waals surface area contributed by atoms with Crippen LogP contribution in [0.15, 0.2) is 0 Å². The molecule has 2 saturated carbocycles. The first-order valence-corrected chi connectivity index (χ1v) is 4.73. The van der Waals surface area contributed by atoms with Gasteiger partial charge in [-0.25, -0.2) is 4.39 Å². The molecule has 0 saturated heterocycles. The molecule has 2 aliphatic rings. The fourth-order valence-electron chi connectivity index (χ4n) is 2.11. The zero-order valence-electron chi connectivity index (χ0n) is 6.32. The van der Waals surface area contributed by atoms with Gasteiger partial charge < -0.3 is 10.2 Å². The molecule has 2 radical (unpaired) electrons. The van der Waals surface area contributed by atoms with E-state index in [9.17, 15) is 14.6 Å². The van der Waals surface area contributed by atoms with E-state index in [1.807, 2.05) is 0 Å². The first-order valence-electron chi connectivity index (χ1n) is 3.94. The molecule has 2 aliphatic carbocycles. The molecule has 0 spiro atoms. The maximum Gasteiger partial charge on any atom is 0.129 e. The van der Waals surface area contributed by atoms with Crippen molar-refractivity contribution in [3.05, 3.63) is 0 Å². The number of rotatable bonds is 0. The summed E-state index contributed by atoms with van der Waals surface area (Å²) in [5.74, 6) is -0.231. The third-order valence-corrected chi connectivity index (χ3v) is 4.09. The normalized spacial score (nSPS) is 64.2. The van der Waals surface area contributed by atoms with Gasteiger partial charge in [-0.05, 0) is 22.5 Å². The van der Waals surface area contributed by atoms with E-state index in [1.165, 1.54) is 0 Å². The second-order valence-electron chi connectivity index (χ2n) is 3.69. The van der Waals surface area contributed by atoms with Crippen LogP contribution in [0, 0.1) is 11.8 Å². The molecule has 66 valence electrons. The monoisotopic (exact) mass is 234 g/mol. The molecule has 2 rings (SSSR count). The number of aliphatic hydroxyl groups is 2. The molecule has 0 heterocycles. The molecule has 12 heavy (non-hydrogen) atoms. The Kier molecular flexibility index (Phi) is 1.84. The molecular weight excluding hydrogens is 226 g/mol. The Morgan fingerprint density at radius 2 is 2.00 bits per heavy atom. The SMILES string of the molecule is [B]C1(Br)C2CC(F)C(O)C(O)C21. The summed E-state index contributed by atoms with van der Waals surface area (Å²) in [6.45, 7) is 0. The summed E-state index contributed by atoms with van der Waals surface area (Å²) in [5.41, 5.74) is 0. The maximum atomic E-state index is 13.0. The fraction of sp³-hybridized carbons (Fsp3) is 1.00. The minimum absolute atomic E-state index is 0.0362. The largest absolute Gasteiger partial charge is 0.390 e. The number of alkyl halides is 2. The molecule has 0 bridgehead atoms. The lowest BCUT2D eigenvalue weighted by Crippen LogP contribution is -2.40. The van der Waals surface area contributed by atoms with Crippen LogP contribution in [-0.4, -0.2) is 40.7 Å². The van der Waals surface area contributed by atoms with E-state index in [1.54, 1.807) is 0 Å². The summed E-state index contributed by atoms with van der Waals surface area (Å²) >= 11 is 3.21. The Balaban J connectivity index is 2.16. The summed E-state index contributed by atoms with van der Waals surface area (Å²) in [6.07, 6.45) is -3.40. The second kappa shape index (κ2) is 2.46. The molecule has 2 N–H and O–H groups in total. The lowest BCUT2D eigenvalue weighted by molar-refractivity contribution is -0.0615. The predicted octanol–water partition coefficient (Wildman–Crippen LogP) is -0.0443. The summed E-state index contributed by atoms with van der Waals surface area (Å²) in [6, 6.07) is 0. The lowest BCUT2D eigenvalue weighted by Gasteiger charge is -2.25. The van der Waals surface area contributed by atoms with Gasteiger partial charge in [-0.3, -0.25) is 0 Å². The van der Waals surface area contributed by atoms with Gasteiger partial charge in [0.05, 0.1) is 14.0 Å². The van der Waals surface area contributed by atoms with E-state index in [4.69, 9.17) is 7.85 Å². The van der Waals surface area contributed by atoms with Gasteiger partial charge in [0.1, 0.15) is 12.3 Å². The van der Waals surface area contributed by atoms with Crippen LogP contribution < -0.4 is 0 Å². The Morgan fingerprint density at radius 1 is 1.42 bits per heavy atom. The number of aliphatic hydroxyl groups excluding tert-OH is 2. The standard InChI is InChI=1S/C7H9BBrFO2/c8-7(9)2-1-3(10)5(11)6(12)4(2)7/h2-6,11-12H,1H2. The highest BCUT2D eigenvalue weighted by atomic mass is 79.9. The van der Waals surface area contributed by atoms with Gasteiger partial charge in [-0.15, -0.1) is 0 Å². The number of hydrogen-bond donors (Lipinski definition) is 2. The van der Waals surface area contributed by atoms with Gasteiger partial charge in [0, 0.05) is 0 Å². The van der Waals surface area contributed by atoms with Crippen LogP contribution in [0.4, 0.5) is 4.39 Å². The highest BCUT2D eigenvalue weighted by Crippen LogP contribution is 2.62. The molecule has 5 heteroatoms. The van der Waals surface area contributed by atoms with Crippen molar-refractivity contribution in [2.24, 2.45) is 11.8 Å². The molecule has 0 amide bonds. The van der Waals surface area contributed by atoms with E-state index in [0.717, 1.165) is 0 Å². The van der Waals surface area contributed by atoms with Crippen LogP contribution in [0.25, 0.3) is 0 Å². The van der Waals surface area contributed by atoms with Crippen molar-refractivity contribution in [3.8, 4) is 0 Å². The minimum atomic E-state index is -1.34. The van der Waals surface area contributed by atoms with Crippen molar-refractivity contribution >= 4 is 23.8 Å². The first kappa shape index (κ1) is 8.97. The Hall–Kier alpha value is 0.395. The summed E-state index contributed by atoms with van der Waals surface area (Å²) in [7, 11) is 5.71. The Bertz CT molecular complexity index is 214. The molecule has 0 aromatic carbocycles. The van der Waals surface area contributed by atoms with Crippen LogP contribution in [0.1, 0.15) is 6.42 Å². The Morgan fingerprint density at radius 3 is 2.58 bits per heavy atom. The average Bonchev–Trinajstić information content (AvgIpc) is 2.49. The van der Waals surface area contributed by atoms with Crippen molar-refractivity contribution in [1.82, 2.24) is 0 Å². The molecule has 0 aromatic rings. The molecule has 0 aromatic heterocycles. The van der Waals surface area contributed by atoms with Crippen LogP contribution >= 0.6 is 15.9 Å². The van der Waals surface area contributed by atoms with Crippen LogP contribution in [0.2, 0.25) is 0 Å². The maximum absolute atomic E-state index is 13.0. The number of fused-ring (bicyclic) bond motifs is 1. The van der Waals surface area contributed by atoms with Gasteiger partial charge in [-0.2, -0.15) is 0 Å². The van der Waals surface area contributed by atoms with Crippen LogP contribution in [0.3, 0.4) is 0 Å². The van der Waals surface area contributed by atoms with Gasteiger partial charge in [0.15, 0.2) is 0 Å². The number of hydrogen-bond acceptors (Lipinski definition) is 2. The molecular formula is C7H9BBrFO2. The van der Waals surface area contributed by atoms with Crippen molar-refractivity contribution in [1.29, 1.82) is 0 Å². The van der Waals surface area contributed by atoms with E-state index in [-0.39, 0.29) is 18.3 Å². The van der Waals surface area contributed by atoms with Gasteiger partial charge >= 0.3 is 0 Å². The van der Waals surface area contributed by atoms with Gasteiger partial charge in [0.25, 0.3) is 0 Å². The number of halogens is 2. The zero-order valence-corrected chi connectivity index (χ0v) is 7.91. The van der Waals surface area contributed by atoms with E-state index < -0.39 is 22.6 Å². The van der Waals surface area contributed by atoms with Gasteiger partial charge in [-0.1, -0.05) is 15.9 Å². The van der Waals surface area contributed by atoms with E-state index >= 15 is 0 Å². The quantitative estimate of drug-likeness (QED) is 0.456.